The molecule has 3 nitrogen and oxygen atoms in total. The molecule has 1 heterocycles. The summed E-state index contributed by atoms with van der Waals surface area (Å²) in [5.74, 6) is -0.958. The van der Waals surface area contributed by atoms with E-state index in [1.54, 1.807) is 0 Å². The van der Waals surface area contributed by atoms with E-state index >= 15 is 0 Å². The van der Waals surface area contributed by atoms with Crippen LogP contribution in [0.4, 0.5) is 8.78 Å². The monoisotopic (exact) mass is 322 g/mol. The Kier molecular flexibility index (Phi) is 4.95. The summed E-state index contributed by atoms with van der Waals surface area (Å²) in [4.78, 5) is 12.4. The first-order valence-corrected chi connectivity index (χ1v) is 8.55. The molecule has 2 N–H and O–H groups in total. The fourth-order valence-electron chi connectivity index (χ4n) is 4.06. The van der Waals surface area contributed by atoms with E-state index in [4.69, 9.17) is 0 Å². The maximum Gasteiger partial charge on any atom is 0.223 e. The highest BCUT2D eigenvalue weighted by Crippen LogP contribution is 2.42. The summed E-state index contributed by atoms with van der Waals surface area (Å²) < 4.78 is 28.5. The van der Waals surface area contributed by atoms with Crippen LogP contribution in [-0.4, -0.2) is 25.5 Å². The second kappa shape index (κ2) is 6.95. The minimum absolute atomic E-state index is 0.0140. The van der Waals surface area contributed by atoms with Gasteiger partial charge in [-0.15, -0.1) is 0 Å². The molecule has 0 aromatic heterocycles. The molecule has 1 aliphatic carbocycles. The predicted molar refractivity (Wildman–Crippen MR) is 85.1 cm³/mol. The Balaban J connectivity index is 1.75. The van der Waals surface area contributed by atoms with Gasteiger partial charge in [0.05, 0.1) is 0 Å². The van der Waals surface area contributed by atoms with Gasteiger partial charge in [0.2, 0.25) is 5.91 Å². The predicted octanol–water partition coefficient (Wildman–Crippen LogP) is 2.89. The van der Waals surface area contributed by atoms with Crippen LogP contribution in [0.1, 0.15) is 44.1 Å². The van der Waals surface area contributed by atoms with Crippen LogP contribution >= 0.6 is 0 Å². The SMILES string of the molecule is O=C(NCC1(c2c(F)cccc2F)CCCC1)C1CCNCC1. The van der Waals surface area contributed by atoms with Crippen molar-refractivity contribution in [3.05, 3.63) is 35.4 Å². The van der Waals surface area contributed by atoms with E-state index in [9.17, 15) is 13.6 Å². The molecule has 1 aromatic carbocycles. The fraction of sp³-hybridized carbons (Fsp3) is 0.611. The number of rotatable bonds is 4. The van der Waals surface area contributed by atoms with Gasteiger partial charge in [0.1, 0.15) is 11.6 Å². The Bertz CT molecular complexity index is 544. The standard InChI is InChI=1S/C18H24F2N2O/c19-14-4-3-5-15(20)16(14)18(8-1-2-9-18)12-22-17(23)13-6-10-21-11-7-13/h3-5,13,21H,1-2,6-12H2,(H,22,23). The lowest BCUT2D eigenvalue weighted by Crippen LogP contribution is -2.44. The zero-order valence-electron chi connectivity index (χ0n) is 13.3. The van der Waals surface area contributed by atoms with Crippen molar-refractivity contribution in [2.45, 2.75) is 43.9 Å². The topological polar surface area (TPSA) is 41.1 Å². The second-order valence-electron chi connectivity index (χ2n) is 6.83. The quantitative estimate of drug-likeness (QED) is 0.895. The highest BCUT2D eigenvalue weighted by atomic mass is 19.1. The number of halogens is 2. The number of hydrogen-bond donors (Lipinski definition) is 2. The van der Waals surface area contributed by atoms with E-state index in [1.165, 1.54) is 18.2 Å². The van der Waals surface area contributed by atoms with Gasteiger partial charge in [0, 0.05) is 23.4 Å². The average molecular weight is 322 g/mol. The Morgan fingerprint density at radius 1 is 1.17 bits per heavy atom. The van der Waals surface area contributed by atoms with Crippen molar-refractivity contribution in [1.82, 2.24) is 10.6 Å². The first-order valence-electron chi connectivity index (χ1n) is 8.55. The molecule has 3 rings (SSSR count). The van der Waals surface area contributed by atoms with Gasteiger partial charge in [0.25, 0.3) is 0 Å². The van der Waals surface area contributed by atoms with Crippen molar-refractivity contribution < 1.29 is 13.6 Å². The Hall–Kier alpha value is -1.49. The summed E-state index contributed by atoms with van der Waals surface area (Å²) in [7, 11) is 0. The average Bonchev–Trinajstić information content (AvgIpc) is 3.03. The summed E-state index contributed by atoms with van der Waals surface area (Å²) in [5.41, 5.74) is -0.444. The number of hydrogen-bond acceptors (Lipinski definition) is 2. The molecule has 1 amide bonds. The summed E-state index contributed by atoms with van der Waals surface area (Å²) >= 11 is 0. The molecule has 2 aliphatic rings. The van der Waals surface area contributed by atoms with Crippen molar-refractivity contribution in [2.24, 2.45) is 5.92 Å². The minimum Gasteiger partial charge on any atom is -0.355 e. The summed E-state index contributed by atoms with van der Waals surface area (Å²) in [6.45, 7) is 2.03. The molecule has 1 aliphatic heterocycles. The number of carbonyl (C=O) groups excluding carboxylic acids is 1. The summed E-state index contributed by atoms with van der Waals surface area (Å²) in [6.07, 6.45) is 4.97. The lowest BCUT2D eigenvalue weighted by Gasteiger charge is -2.32. The number of amides is 1. The van der Waals surface area contributed by atoms with Crippen LogP contribution in [0.5, 0.6) is 0 Å². The van der Waals surface area contributed by atoms with Gasteiger partial charge in [0.15, 0.2) is 0 Å². The van der Waals surface area contributed by atoms with Crippen LogP contribution < -0.4 is 10.6 Å². The van der Waals surface area contributed by atoms with Crippen molar-refractivity contribution in [2.75, 3.05) is 19.6 Å². The van der Waals surface area contributed by atoms with Crippen LogP contribution in [-0.2, 0) is 10.2 Å². The van der Waals surface area contributed by atoms with Crippen molar-refractivity contribution in [1.29, 1.82) is 0 Å². The first kappa shape index (κ1) is 16.4. The summed E-state index contributed by atoms with van der Waals surface area (Å²) in [5, 5.41) is 6.22. The maximum atomic E-state index is 14.3. The van der Waals surface area contributed by atoms with E-state index in [2.05, 4.69) is 10.6 Å². The molecule has 0 spiro atoms. The third-order valence-corrected chi connectivity index (χ3v) is 5.36. The van der Waals surface area contributed by atoms with E-state index in [0.29, 0.717) is 6.54 Å². The molecule has 2 fully saturated rings. The number of nitrogens with one attached hydrogen (secondary N) is 2. The molecule has 0 bridgehead atoms. The highest BCUT2D eigenvalue weighted by Gasteiger charge is 2.40. The van der Waals surface area contributed by atoms with Gasteiger partial charge >= 0.3 is 0 Å². The third kappa shape index (κ3) is 3.39. The normalized spacial score (nSPS) is 21.3. The highest BCUT2D eigenvalue weighted by molar-refractivity contribution is 5.78. The maximum absolute atomic E-state index is 14.3. The van der Waals surface area contributed by atoms with Gasteiger partial charge in [-0.05, 0) is 50.9 Å². The molecule has 1 saturated heterocycles. The smallest absolute Gasteiger partial charge is 0.223 e. The van der Waals surface area contributed by atoms with E-state index in [-0.39, 0.29) is 17.4 Å². The second-order valence-corrected chi connectivity index (χ2v) is 6.83. The zero-order valence-corrected chi connectivity index (χ0v) is 13.3. The van der Waals surface area contributed by atoms with Crippen LogP contribution in [0.25, 0.3) is 0 Å². The molecule has 1 saturated carbocycles. The van der Waals surface area contributed by atoms with Gasteiger partial charge in [-0.1, -0.05) is 18.9 Å². The molecule has 0 radical (unpaired) electrons. The van der Waals surface area contributed by atoms with Gasteiger partial charge in [-0.3, -0.25) is 4.79 Å². The van der Waals surface area contributed by atoms with Crippen LogP contribution in [0.2, 0.25) is 0 Å². The Morgan fingerprint density at radius 2 is 1.78 bits per heavy atom. The molecule has 23 heavy (non-hydrogen) atoms. The largest absolute Gasteiger partial charge is 0.355 e. The molecule has 5 heteroatoms. The molecule has 0 unspecified atom stereocenters. The number of benzene rings is 1. The van der Waals surface area contributed by atoms with Crippen LogP contribution in [0, 0.1) is 17.6 Å². The summed E-state index contributed by atoms with van der Waals surface area (Å²) in [6, 6.07) is 4.02. The molecular weight excluding hydrogens is 298 g/mol. The zero-order chi connectivity index (χ0) is 16.3. The van der Waals surface area contributed by atoms with Crippen molar-refractivity contribution in [3.8, 4) is 0 Å². The molecule has 126 valence electrons. The Labute approximate surface area is 135 Å². The van der Waals surface area contributed by atoms with Crippen LogP contribution in [0.3, 0.4) is 0 Å². The van der Waals surface area contributed by atoms with Crippen molar-refractivity contribution in [3.63, 3.8) is 0 Å². The van der Waals surface area contributed by atoms with Gasteiger partial charge in [-0.25, -0.2) is 8.78 Å². The van der Waals surface area contributed by atoms with E-state index < -0.39 is 17.0 Å². The minimum atomic E-state index is -0.599. The fourth-order valence-corrected chi connectivity index (χ4v) is 4.06. The molecule has 1 aromatic rings. The molecule has 0 atom stereocenters. The van der Waals surface area contributed by atoms with Crippen LogP contribution in [0.15, 0.2) is 18.2 Å². The number of carbonyl (C=O) groups is 1. The van der Waals surface area contributed by atoms with E-state index in [0.717, 1.165) is 51.6 Å². The van der Waals surface area contributed by atoms with Crippen molar-refractivity contribution >= 4 is 5.91 Å². The first-order chi connectivity index (χ1) is 11.1. The third-order valence-electron chi connectivity index (χ3n) is 5.36. The lowest BCUT2D eigenvalue weighted by molar-refractivity contribution is -0.126. The van der Waals surface area contributed by atoms with Gasteiger partial charge in [-0.2, -0.15) is 0 Å². The Morgan fingerprint density at radius 3 is 2.39 bits per heavy atom. The molecular formula is C18H24F2N2O. The number of piperidine rings is 1. The van der Waals surface area contributed by atoms with Gasteiger partial charge < -0.3 is 10.6 Å². The van der Waals surface area contributed by atoms with E-state index in [1.807, 2.05) is 0 Å². The lowest BCUT2D eigenvalue weighted by atomic mass is 9.78.